The van der Waals surface area contributed by atoms with E-state index in [4.69, 9.17) is 5.73 Å². The molecule has 0 amide bonds. The van der Waals surface area contributed by atoms with Crippen LogP contribution in [-0.4, -0.2) is 16.0 Å². The van der Waals surface area contributed by atoms with E-state index in [1.807, 2.05) is 0 Å². The van der Waals surface area contributed by atoms with Gasteiger partial charge in [0.15, 0.2) is 0 Å². The average Bonchev–Trinajstić information content (AvgIpc) is 3.07. The van der Waals surface area contributed by atoms with Crippen molar-refractivity contribution in [3.05, 3.63) is 10.8 Å². The molecular formula is C11H17BrN4. The SMILES string of the molecule is CCC(CC1CC1)Nc1ncnc(N)c1Br. The lowest BCUT2D eigenvalue weighted by Crippen LogP contribution is -2.20. The minimum Gasteiger partial charge on any atom is -0.383 e. The lowest BCUT2D eigenvalue weighted by atomic mass is 10.1. The van der Waals surface area contributed by atoms with Gasteiger partial charge in [-0.15, -0.1) is 0 Å². The Balaban J connectivity index is 2.02. The molecule has 1 aromatic rings. The molecule has 88 valence electrons. The molecule has 1 aliphatic carbocycles. The van der Waals surface area contributed by atoms with Crippen molar-refractivity contribution in [2.45, 2.75) is 38.6 Å². The van der Waals surface area contributed by atoms with E-state index in [1.54, 1.807) is 0 Å². The van der Waals surface area contributed by atoms with Crippen LogP contribution in [0.2, 0.25) is 0 Å². The van der Waals surface area contributed by atoms with Crippen LogP contribution >= 0.6 is 15.9 Å². The molecule has 1 aliphatic rings. The van der Waals surface area contributed by atoms with Crippen molar-refractivity contribution in [2.75, 3.05) is 11.1 Å². The van der Waals surface area contributed by atoms with Crippen LogP contribution in [0, 0.1) is 5.92 Å². The normalized spacial score (nSPS) is 17.1. The molecule has 0 aromatic carbocycles. The van der Waals surface area contributed by atoms with Crippen molar-refractivity contribution < 1.29 is 0 Å². The molecule has 0 spiro atoms. The van der Waals surface area contributed by atoms with Crippen LogP contribution in [0.1, 0.15) is 32.6 Å². The predicted molar refractivity (Wildman–Crippen MR) is 69.2 cm³/mol. The topological polar surface area (TPSA) is 63.8 Å². The van der Waals surface area contributed by atoms with Gasteiger partial charge in [-0.3, -0.25) is 0 Å². The van der Waals surface area contributed by atoms with Crippen LogP contribution < -0.4 is 11.1 Å². The summed E-state index contributed by atoms with van der Waals surface area (Å²) < 4.78 is 0.768. The van der Waals surface area contributed by atoms with Crippen molar-refractivity contribution in [2.24, 2.45) is 5.92 Å². The number of nitrogens with two attached hydrogens (primary N) is 1. The monoisotopic (exact) mass is 284 g/mol. The molecule has 1 fully saturated rings. The largest absolute Gasteiger partial charge is 0.383 e. The average molecular weight is 285 g/mol. The van der Waals surface area contributed by atoms with E-state index in [9.17, 15) is 0 Å². The Morgan fingerprint density at radius 1 is 1.56 bits per heavy atom. The van der Waals surface area contributed by atoms with Crippen LogP contribution in [-0.2, 0) is 0 Å². The third-order valence-electron chi connectivity index (χ3n) is 2.96. The second-order valence-corrected chi connectivity index (χ2v) is 5.14. The molecule has 5 heteroatoms. The fourth-order valence-electron chi connectivity index (χ4n) is 1.76. The van der Waals surface area contributed by atoms with Crippen LogP contribution in [0.5, 0.6) is 0 Å². The highest BCUT2D eigenvalue weighted by Crippen LogP contribution is 2.35. The highest BCUT2D eigenvalue weighted by atomic mass is 79.9. The molecule has 0 saturated heterocycles. The summed E-state index contributed by atoms with van der Waals surface area (Å²) in [5, 5.41) is 3.43. The summed E-state index contributed by atoms with van der Waals surface area (Å²) in [5.41, 5.74) is 5.71. The second-order valence-electron chi connectivity index (χ2n) is 4.35. The van der Waals surface area contributed by atoms with Gasteiger partial charge in [-0.1, -0.05) is 19.8 Å². The number of anilines is 2. The molecule has 3 N–H and O–H groups in total. The number of nitrogen functional groups attached to an aromatic ring is 1. The first-order valence-electron chi connectivity index (χ1n) is 5.73. The van der Waals surface area contributed by atoms with E-state index in [0.29, 0.717) is 11.9 Å². The van der Waals surface area contributed by atoms with Crippen molar-refractivity contribution >= 4 is 27.6 Å². The molecule has 0 bridgehead atoms. The molecule has 1 saturated carbocycles. The van der Waals surface area contributed by atoms with Gasteiger partial charge < -0.3 is 11.1 Å². The zero-order valence-electron chi connectivity index (χ0n) is 9.41. The van der Waals surface area contributed by atoms with Crippen molar-refractivity contribution in [1.82, 2.24) is 9.97 Å². The number of nitrogens with zero attached hydrogens (tertiary/aromatic N) is 2. The van der Waals surface area contributed by atoms with E-state index < -0.39 is 0 Å². The van der Waals surface area contributed by atoms with Gasteiger partial charge in [-0.05, 0) is 34.7 Å². The molecule has 1 heterocycles. The van der Waals surface area contributed by atoms with Gasteiger partial charge >= 0.3 is 0 Å². The van der Waals surface area contributed by atoms with Crippen molar-refractivity contribution in [3.8, 4) is 0 Å². The van der Waals surface area contributed by atoms with Gasteiger partial charge in [0.1, 0.15) is 22.4 Å². The van der Waals surface area contributed by atoms with E-state index in [1.165, 1.54) is 25.6 Å². The minimum absolute atomic E-state index is 0.484. The Morgan fingerprint density at radius 3 is 2.94 bits per heavy atom. The number of aromatic nitrogens is 2. The Morgan fingerprint density at radius 2 is 2.31 bits per heavy atom. The number of nitrogens with one attached hydrogen (secondary N) is 1. The van der Waals surface area contributed by atoms with Crippen LogP contribution in [0.25, 0.3) is 0 Å². The standard InChI is InChI=1S/C11H17BrN4/c1-2-8(5-7-3-4-7)16-11-9(12)10(13)14-6-15-11/h6-8H,2-5H2,1H3,(H3,13,14,15,16). The summed E-state index contributed by atoms with van der Waals surface area (Å²) in [6.07, 6.45) is 6.59. The van der Waals surface area contributed by atoms with Gasteiger partial charge in [-0.25, -0.2) is 9.97 Å². The van der Waals surface area contributed by atoms with E-state index in [2.05, 4.69) is 38.1 Å². The van der Waals surface area contributed by atoms with Gasteiger partial charge in [0.05, 0.1) is 0 Å². The quantitative estimate of drug-likeness (QED) is 0.873. The zero-order chi connectivity index (χ0) is 11.5. The smallest absolute Gasteiger partial charge is 0.146 e. The Bertz CT molecular complexity index is 365. The molecule has 0 radical (unpaired) electrons. The molecule has 1 atom stereocenters. The van der Waals surface area contributed by atoms with Gasteiger partial charge in [0.25, 0.3) is 0 Å². The summed E-state index contributed by atoms with van der Waals surface area (Å²) in [6, 6.07) is 0.484. The number of hydrogen-bond donors (Lipinski definition) is 2. The van der Waals surface area contributed by atoms with Crippen LogP contribution in [0.4, 0.5) is 11.6 Å². The number of hydrogen-bond acceptors (Lipinski definition) is 4. The van der Waals surface area contributed by atoms with E-state index in [-0.39, 0.29) is 0 Å². The third kappa shape index (κ3) is 2.84. The lowest BCUT2D eigenvalue weighted by molar-refractivity contribution is 0.584. The summed E-state index contributed by atoms with van der Waals surface area (Å²) in [5.74, 6) is 2.20. The Labute approximate surface area is 104 Å². The molecule has 1 aromatic heterocycles. The maximum absolute atomic E-state index is 5.71. The van der Waals surface area contributed by atoms with Crippen LogP contribution in [0.3, 0.4) is 0 Å². The summed E-state index contributed by atoms with van der Waals surface area (Å²) in [4.78, 5) is 8.13. The maximum atomic E-state index is 5.71. The highest BCUT2D eigenvalue weighted by molar-refractivity contribution is 9.10. The van der Waals surface area contributed by atoms with E-state index in [0.717, 1.165) is 22.6 Å². The molecule has 2 rings (SSSR count). The molecule has 1 unspecified atom stereocenters. The molecular weight excluding hydrogens is 268 g/mol. The number of rotatable bonds is 5. The first-order chi connectivity index (χ1) is 7.70. The van der Waals surface area contributed by atoms with Gasteiger partial charge in [-0.2, -0.15) is 0 Å². The summed E-state index contributed by atoms with van der Waals surface area (Å²) >= 11 is 3.41. The fourth-order valence-corrected chi connectivity index (χ4v) is 2.08. The maximum Gasteiger partial charge on any atom is 0.146 e. The summed E-state index contributed by atoms with van der Waals surface area (Å²) in [6.45, 7) is 2.19. The first-order valence-corrected chi connectivity index (χ1v) is 6.52. The summed E-state index contributed by atoms with van der Waals surface area (Å²) in [7, 11) is 0. The second kappa shape index (κ2) is 4.99. The Kier molecular flexibility index (Phi) is 3.63. The predicted octanol–water partition coefficient (Wildman–Crippen LogP) is 2.81. The van der Waals surface area contributed by atoms with E-state index >= 15 is 0 Å². The van der Waals surface area contributed by atoms with Crippen molar-refractivity contribution in [3.63, 3.8) is 0 Å². The highest BCUT2D eigenvalue weighted by Gasteiger charge is 2.25. The van der Waals surface area contributed by atoms with Gasteiger partial charge in [0, 0.05) is 6.04 Å². The Hall–Kier alpha value is -0.840. The van der Waals surface area contributed by atoms with Gasteiger partial charge in [0.2, 0.25) is 0 Å². The molecule has 4 nitrogen and oxygen atoms in total. The first kappa shape index (κ1) is 11.6. The number of halogens is 1. The zero-order valence-corrected chi connectivity index (χ0v) is 11.0. The third-order valence-corrected chi connectivity index (χ3v) is 3.75. The lowest BCUT2D eigenvalue weighted by Gasteiger charge is -2.18. The van der Waals surface area contributed by atoms with Crippen molar-refractivity contribution in [1.29, 1.82) is 0 Å². The fraction of sp³-hybridized carbons (Fsp3) is 0.636. The molecule has 16 heavy (non-hydrogen) atoms. The molecule has 0 aliphatic heterocycles. The minimum atomic E-state index is 0.484. The van der Waals surface area contributed by atoms with Crippen LogP contribution in [0.15, 0.2) is 10.8 Å².